The van der Waals surface area contributed by atoms with Gasteiger partial charge in [-0.05, 0) is 42.9 Å². The summed E-state index contributed by atoms with van der Waals surface area (Å²) in [6, 6.07) is 5.86. The van der Waals surface area contributed by atoms with Gasteiger partial charge in [0.2, 0.25) is 0 Å². The van der Waals surface area contributed by atoms with Crippen LogP contribution in [0.5, 0.6) is 5.75 Å². The number of methoxy groups -OCH3 is 1. The summed E-state index contributed by atoms with van der Waals surface area (Å²) in [5, 5.41) is 6.58. The van der Waals surface area contributed by atoms with Crippen LogP contribution < -0.4 is 4.74 Å². The third-order valence-electron chi connectivity index (χ3n) is 2.21. The Labute approximate surface area is 92.5 Å². The second-order valence-corrected chi connectivity index (χ2v) is 3.57. The Kier molecular flexibility index (Phi) is 2.55. The summed E-state index contributed by atoms with van der Waals surface area (Å²) in [7, 11) is 1.66. The summed E-state index contributed by atoms with van der Waals surface area (Å²) in [6.45, 7) is 1.99. The fourth-order valence-corrected chi connectivity index (χ4v) is 1.65. The smallest absolute Gasteiger partial charge is 0.199 e. The molecular formula is C10H11N3OS. The fraction of sp³-hybridized carbons (Fsp3) is 0.200. The highest BCUT2D eigenvalue weighted by molar-refractivity contribution is 7.71. The van der Waals surface area contributed by atoms with Crippen LogP contribution in [-0.4, -0.2) is 21.9 Å². The Bertz CT molecular complexity index is 529. The first kappa shape index (κ1) is 9.92. The topological polar surface area (TPSA) is 42.8 Å². The minimum Gasteiger partial charge on any atom is -0.496 e. The monoisotopic (exact) mass is 221 g/mol. The van der Waals surface area contributed by atoms with Gasteiger partial charge in [0.15, 0.2) is 4.77 Å². The van der Waals surface area contributed by atoms with Crippen molar-refractivity contribution in [1.82, 2.24) is 14.8 Å². The van der Waals surface area contributed by atoms with Gasteiger partial charge < -0.3 is 4.74 Å². The lowest BCUT2D eigenvalue weighted by atomic mass is 10.2. The number of nitrogens with zero attached hydrogens (tertiary/aromatic N) is 2. The largest absolute Gasteiger partial charge is 0.496 e. The van der Waals surface area contributed by atoms with E-state index in [1.807, 2.05) is 29.7 Å². The molecule has 0 aliphatic carbocycles. The van der Waals surface area contributed by atoms with Gasteiger partial charge in [-0.1, -0.05) is 0 Å². The molecule has 0 saturated heterocycles. The van der Waals surface area contributed by atoms with Crippen molar-refractivity contribution in [1.29, 1.82) is 0 Å². The van der Waals surface area contributed by atoms with Crippen molar-refractivity contribution in [3.63, 3.8) is 0 Å². The maximum absolute atomic E-state index is 5.19. The van der Waals surface area contributed by atoms with E-state index in [-0.39, 0.29) is 0 Å². The van der Waals surface area contributed by atoms with E-state index >= 15 is 0 Å². The number of nitrogens with one attached hydrogen (secondary N) is 1. The molecule has 0 saturated carbocycles. The van der Waals surface area contributed by atoms with Crippen molar-refractivity contribution < 1.29 is 4.74 Å². The van der Waals surface area contributed by atoms with Gasteiger partial charge in [-0.25, -0.2) is 0 Å². The van der Waals surface area contributed by atoms with Crippen molar-refractivity contribution in [3.05, 3.63) is 34.9 Å². The van der Waals surface area contributed by atoms with E-state index in [9.17, 15) is 0 Å². The van der Waals surface area contributed by atoms with Crippen LogP contribution in [0.25, 0.3) is 5.69 Å². The summed E-state index contributed by atoms with van der Waals surface area (Å²) in [5.41, 5.74) is 2.05. The number of benzene rings is 1. The number of ether oxygens (including phenoxy) is 1. The molecular weight excluding hydrogens is 210 g/mol. The third kappa shape index (κ3) is 1.78. The van der Waals surface area contributed by atoms with Crippen LogP contribution in [0.3, 0.4) is 0 Å². The fourth-order valence-electron chi connectivity index (χ4n) is 1.44. The molecule has 0 unspecified atom stereocenters. The predicted molar refractivity (Wildman–Crippen MR) is 60.0 cm³/mol. The number of H-pyrrole nitrogens is 1. The molecule has 1 aromatic heterocycles. The minimum absolute atomic E-state index is 0.583. The molecule has 78 valence electrons. The van der Waals surface area contributed by atoms with E-state index in [0.717, 1.165) is 17.0 Å². The van der Waals surface area contributed by atoms with Crippen molar-refractivity contribution >= 4 is 12.2 Å². The lowest BCUT2D eigenvalue weighted by Gasteiger charge is -2.07. The molecule has 2 rings (SSSR count). The molecule has 15 heavy (non-hydrogen) atoms. The van der Waals surface area contributed by atoms with E-state index in [4.69, 9.17) is 17.0 Å². The molecule has 1 aromatic carbocycles. The van der Waals surface area contributed by atoms with Gasteiger partial charge in [-0.15, -0.1) is 0 Å². The van der Waals surface area contributed by atoms with Gasteiger partial charge in [-0.3, -0.25) is 9.67 Å². The molecule has 0 spiro atoms. The van der Waals surface area contributed by atoms with Gasteiger partial charge in [0.05, 0.1) is 7.11 Å². The van der Waals surface area contributed by atoms with Crippen molar-refractivity contribution in [2.75, 3.05) is 7.11 Å². The molecule has 0 amide bonds. The normalized spacial score (nSPS) is 10.3. The van der Waals surface area contributed by atoms with Crippen LogP contribution >= 0.6 is 12.2 Å². The average molecular weight is 221 g/mol. The van der Waals surface area contributed by atoms with Crippen LogP contribution in [0.15, 0.2) is 24.5 Å². The summed E-state index contributed by atoms with van der Waals surface area (Å²) >= 11 is 5.09. The van der Waals surface area contributed by atoms with E-state index < -0.39 is 0 Å². The molecule has 2 aromatic rings. The van der Waals surface area contributed by atoms with E-state index in [1.54, 1.807) is 13.4 Å². The second-order valence-electron chi connectivity index (χ2n) is 3.19. The molecule has 0 fully saturated rings. The zero-order chi connectivity index (χ0) is 10.8. The number of rotatable bonds is 2. The summed E-state index contributed by atoms with van der Waals surface area (Å²) < 4.78 is 7.58. The summed E-state index contributed by atoms with van der Waals surface area (Å²) in [6.07, 6.45) is 1.66. The van der Waals surface area contributed by atoms with Crippen LogP contribution in [-0.2, 0) is 0 Å². The first-order valence-corrected chi connectivity index (χ1v) is 4.90. The highest BCUT2D eigenvalue weighted by atomic mass is 32.1. The Balaban J connectivity index is 2.52. The molecule has 1 heterocycles. The quantitative estimate of drug-likeness (QED) is 0.791. The van der Waals surface area contributed by atoms with Gasteiger partial charge in [0.25, 0.3) is 0 Å². The minimum atomic E-state index is 0.583. The summed E-state index contributed by atoms with van der Waals surface area (Å²) in [4.78, 5) is 0. The Morgan fingerprint density at radius 1 is 1.47 bits per heavy atom. The first-order valence-electron chi connectivity index (χ1n) is 4.49. The maximum atomic E-state index is 5.19. The Morgan fingerprint density at radius 2 is 2.27 bits per heavy atom. The zero-order valence-electron chi connectivity index (χ0n) is 8.52. The average Bonchev–Trinajstić information content (AvgIpc) is 2.64. The lowest BCUT2D eigenvalue weighted by Crippen LogP contribution is -1.94. The van der Waals surface area contributed by atoms with Crippen molar-refractivity contribution in [2.45, 2.75) is 6.92 Å². The summed E-state index contributed by atoms with van der Waals surface area (Å²) in [5.74, 6) is 0.869. The lowest BCUT2D eigenvalue weighted by molar-refractivity contribution is 0.411. The number of aromatic amines is 1. The van der Waals surface area contributed by atoms with Crippen LogP contribution in [0, 0.1) is 11.7 Å². The molecule has 0 radical (unpaired) electrons. The molecule has 4 nitrogen and oxygen atoms in total. The number of hydrogen-bond acceptors (Lipinski definition) is 3. The number of hydrogen-bond donors (Lipinski definition) is 1. The highest BCUT2D eigenvalue weighted by Gasteiger charge is 2.02. The maximum Gasteiger partial charge on any atom is 0.199 e. The van der Waals surface area contributed by atoms with Gasteiger partial charge in [0.1, 0.15) is 12.1 Å². The SMILES string of the molecule is COc1ccc(-n2cn[nH]c2=S)cc1C. The zero-order valence-corrected chi connectivity index (χ0v) is 9.34. The number of aryl methyl sites for hydroxylation is 1. The highest BCUT2D eigenvalue weighted by Crippen LogP contribution is 2.20. The van der Waals surface area contributed by atoms with Gasteiger partial charge in [-0.2, -0.15) is 5.10 Å². The molecule has 0 bridgehead atoms. The third-order valence-corrected chi connectivity index (χ3v) is 2.50. The van der Waals surface area contributed by atoms with E-state index in [2.05, 4.69) is 10.2 Å². The Hall–Kier alpha value is -1.62. The van der Waals surface area contributed by atoms with Gasteiger partial charge in [0, 0.05) is 5.69 Å². The van der Waals surface area contributed by atoms with Crippen LogP contribution in [0.2, 0.25) is 0 Å². The van der Waals surface area contributed by atoms with Crippen molar-refractivity contribution in [3.8, 4) is 11.4 Å². The Morgan fingerprint density at radius 3 is 2.80 bits per heavy atom. The van der Waals surface area contributed by atoms with Crippen LogP contribution in [0.4, 0.5) is 0 Å². The van der Waals surface area contributed by atoms with Crippen LogP contribution in [0.1, 0.15) is 5.56 Å². The van der Waals surface area contributed by atoms with Gasteiger partial charge >= 0.3 is 0 Å². The molecule has 5 heteroatoms. The second kappa shape index (κ2) is 3.86. The molecule has 0 aliphatic rings. The van der Waals surface area contributed by atoms with E-state index in [1.165, 1.54) is 0 Å². The standard InChI is InChI=1S/C10H11N3OS/c1-7-5-8(3-4-9(7)14-2)13-6-11-12-10(13)15/h3-6H,1-2H3,(H,12,15). The predicted octanol–water partition coefficient (Wildman–Crippen LogP) is 2.25. The van der Waals surface area contributed by atoms with E-state index in [0.29, 0.717) is 4.77 Å². The number of aromatic nitrogens is 3. The first-order chi connectivity index (χ1) is 7.22. The molecule has 0 atom stereocenters. The molecule has 1 N–H and O–H groups in total. The van der Waals surface area contributed by atoms with Crippen molar-refractivity contribution in [2.24, 2.45) is 0 Å². The molecule has 0 aliphatic heterocycles.